The third-order valence-corrected chi connectivity index (χ3v) is 12.5. The van der Waals surface area contributed by atoms with Crippen molar-refractivity contribution in [3.05, 3.63) is 220 Å². The molecule has 2 aliphatic carbocycles. The summed E-state index contributed by atoms with van der Waals surface area (Å²) in [6.45, 7) is 4.73. The van der Waals surface area contributed by atoms with Crippen molar-refractivity contribution in [3.63, 3.8) is 0 Å². The Morgan fingerprint density at radius 3 is 1.67 bits per heavy atom. The van der Waals surface area contributed by atoms with Crippen LogP contribution in [0, 0.1) is 0 Å². The third-order valence-electron chi connectivity index (χ3n) is 12.3. The maximum Gasteiger partial charge on any atom is 0.0720 e. The van der Waals surface area contributed by atoms with Crippen LogP contribution in [-0.2, 0) is 10.8 Å². The number of rotatable bonds is 4. The Bertz CT molecular complexity index is 2920. The number of aromatic nitrogens is 1. The van der Waals surface area contributed by atoms with Crippen LogP contribution in [0.15, 0.2) is 182 Å². The Labute approximate surface area is 320 Å². The van der Waals surface area contributed by atoms with E-state index < -0.39 is 5.41 Å². The molecular weight excluding hydrogens is 674 g/mol. The lowest BCUT2D eigenvalue weighted by Gasteiger charge is -2.35. The molecule has 0 atom stereocenters. The fourth-order valence-corrected chi connectivity index (χ4v) is 10.4. The van der Waals surface area contributed by atoms with Crippen LogP contribution in [0.25, 0.3) is 60.9 Å². The Balaban J connectivity index is 1.37. The molecule has 1 heterocycles. The molecular formula is C52H36ClN. The van der Waals surface area contributed by atoms with Gasteiger partial charge in [0.2, 0.25) is 0 Å². The second kappa shape index (κ2) is 11.4. The molecule has 0 saturated carbocycles. The van der Waals surface area contributed by atoms with Crippen LogP contribution in [0.1, 0.15) is 47.2 Å². The van der Waals surface area contributed by atoms with Crippen molar-refractivity contribution in [3.8, 4) is 39.1 Å². The van der Waals surface area contributed by atoms with Crippen molar-refractivity contribution < 1.29 is 0 Å². The number of hydrogen-bond acceptors (Lipinski definition) is 0. The van der Waals surface area contributed by atoms with Crippen molar-refractivity contribution in [1.29, 1.82) is 0 Å². The van der Waals surface area contributed by atoms with Crippen LogP contribution < -0.4 is 0 Å². The molecule has 0 aliphatic heterocycles. The molecule has 2 heteroatoms. The Morgan fingerprint density at radius 2 is 0.981 bits per heavy atom. The quantitative estimate of drug-likeness (QED) is 0.171. The molecule has 0 amide bonds. The molecule has 8 aromatic carbocycles. The highest BCUT2D eigenvalue weighted by Gasteiger charge is 2.48. The van der Waals surface area contributed by atoms with Crippen LogP contribution in [0.5, 0.6) is 0 Å². The molecule has 256 valence electrons. The maximum atomic E-state index is 7.17. The van der Waals surface area contributed by atoms with Crippen LogP contribution in [0.2, 0.25) is 5.02 Å². The lowest BCUT2D eigenvalue weighted by Crippen LogP contribution is -2.29. The van der Waals surface area contributed by atoms with E-state index in [9.17, 15) is 0 Å². The average Bonchev–Trinajstić information content (AvgIpc) is 3.80. The monoisotopic (exact) mass is 709 g/mol. The average molecular weight is 710 g/mol. The van der Waals surface area contributed by atoms with E-state index in [0.29, 0.717) is 0 Å². The van der Waals surface area contributed by atoms with E-state index >= 15 is 0 Å². The second-order valence-electron chi connectivity index (χ2n) is 15.4. The van der Waals surface area contributed by atoms with Crippen molar-refractivity contribution in [2.75, 3.05) is 0 Å². The van der Waals surface area contributed by atoms with Gasteiger partial charge in [0.1, 0.15) is 0 Å². The van der Waals surface area contributed by atoms with Gasteiger partial charge in [0.05, 0.1) is 16.4 Å². The van der Waals surface area contributed by atoms with Gasteiger partial charge >= 0.3 is 0 Å². The van der Waals surface area contributed by atoms with Gasteiger partial charge < -0.3 is 4.57 Å². The minimum Gasteiger partial charge on any atom is -0.309 e. The summed E-state index contributed by atoms with van der Waals surface area (Å²) in [6.07, 6.45) is 0. The highest BCUT2D eigenvalue weighted by Crippen LogP contribution is 2.60. The molecule has 9 aromatic rings. The molecule has 11 rings (SSSR count). The zero-order chi connectivity index (χ0) is 36.2. The molecule has 1 nitrogen and oxygen atoms in total. The summed E-state index contributed by atoms with van der Waals surface area (Å²) in [7, 11) is 0. The first-order valence-corrected chi connectivity index (χ1v) is 19.2. The van der Waals surface area contributed by atoms with Gasteiger partial charge in [0, 0.05) is 26.9 Å². The zero-order valence-electron chi connectivity index (χ0n) is 30.1. The topological polar surface area (TPSA) is 4.93 Å². The Morgan fingerprint density at radius 1 is 0.444 bits per heavy atom. The van der Waals surface area contributed by atoms with Crippen molar-refractivity contribution in [2.45, 2.75) is 24.7 Å². The van der Waals surface area contributed by atoms with Crippen LogP contribution in [0.4, 0.5) is 0 Å². The molecule has 1 aromatic heterocycles. The lowest BCUT2D eigenvalue weighted by atomic mass is 9.66. The maximum absolute atomic E-state index is 7.17. The number of halogens is 1. The largest absolute Gasteiger partial charge is 0.309 e. The number of fused-ring (bicyclic) bond motifs is 9. The van der Waals surface area contributed by atoms with E-state index in [1.165, 1.54) is 83.0 Å². The van der Waals surface area contributed by atoms with Gasteiger partial charge in [-0.05, 0) is 109 Å². The fourth-order valence-electron chi connectivity index (χ4n) is 10.2. The molecule has 54 heavy (non-hydrogen) atoms. The molecule has 0 bridgehead atoms. The van der Waals surface area contributed by atoms with E-state index in [0.717, 1.165) is 16.3 Å². The lowest BCUT2D eigenvalue weighted by molar-refractivity contribution is 0.662. The highest BCUT2D eigenvalue weighted by molar-refractivity contribution is 6.31. The summed E-state index contributed by atoms with van der Waals surface area (Å²) in [5, 5.41) is 3.24. The number of benzene rings is 8. The minimum atomic E-state index is -0.603. The molecule has 0 saturated heterocycles. The van der Waals surface area contributed by atoms with E-state index in [4.69, 9.17) is 11.6 Å². The Kier molecular flexibility index (Phi) is 6.64. The van der Waals surface area contributed by atoms with Gasteiger partial charge in [-0.15, -0.1) is 0 Å². The summed E-state index contributed by atoms with van der Waals surface area (Å²) in [4.78, 5) is 0. The second-order valence-corrected chi connectivity index (χ2v) is 15.8. The zero-order valence-corrected chi connectivity index (χ0v) is 30.9. The summed E-state index contributed by atoms with van der Waals surface area (Å²) in [5.41, 5.74) is 17.8. The SMILES string of the molecule is CC1(C)c2ccccc2-c2cc(Cl)cc(-c3cc(C4(c5ccccc5)c5ccccc5-c5ccccc54)c4c5ccccc5n(-c5ccccc5)c4c3)c21. The molecule has 0 N–H and O–H groups in total. The van der Waals surface area contributed by atoms with Crippen molar-refractivity contribution >= 4 is 33.4 Å². The first-order chi connectivity index (χ1) is 26.5. The highest BCUT2D eigenvalue weighted by atomic mass is 35.5. The van der Waals surface area contributed by atoms with Gasteiger partial charge in [0.15, 0.2) is 0 Å². The van der Waals surface area contributed by atoms with Gasteiger partial charge in [0.25, 0.3) is 0 Å². The van der Waals surface area contributed by atoms with E-state index in [1.807, 2.05) is 0 Å². The normalized spacial score (nSPS) is 14.5. The van der Waals surface area contributed by atoms with Crippen molar-refractivity contribution in [1.82, 2.24) is 4.57 Å². The third kappa shape index (κ3) is 4.11. The van der Waals surface area contributed by atoms with Crippen LogP contribution >= 0.6 is 11.6 Å². The molecule has 0 spiro atoms. The van der Waals surface area contributed by atoms with Crippen LogP contribution in [0.3, 0.4) is 0 Å². The summed E-state index contributed by atoms with van der Waals surface area (Å²) < 4.78 is 2.47. The summed E-state index contributed by atoms with van der Waals surface area (Å²) in [5.74, 6) is 0. The number of hydrogen-bond donors (Lipinski definition) is 0. The predicted octanol–water partition coefficient (Wildman–Crippen LogP) is 13.8. The predicted molar refractivity (Wildman–Crippen MR) is 226 cm³/mol. The first kappa shape index (κ1) is 31.4. The number of nitrogens with zero attached hydrogens (tertiary/aromatic N) is 1. The van der Waals surface area contributed by atoms with E-state index in [2.05, 4.69) is 200 Å². The standard InChI is InChI=1S/C52H36ClN/c1-51(2)43-25-13-9-23-39(43)42-32-35(53)31-41(50(42)51)33-29-46(49-40-24-12-16-28-47(40)54(48(49)30-33)36-19-7-4-8-20-36)52(34-17-5-3-6-18-34)44-26-14-10-21-37(44)38-22-11-15-27-45(38)52/h3-32H,1-2H3. The minimum absolute atomic E-state index is 0.225. The Hall–Kier alpha value is -6.15. The first-order valence-electron chi connectivity index (χ1n) is 18.8. The van der Waals surface area contributed by atoms with E-state index in [-0.39, 0.29) is 5.41 Å². The van der Waals surface area contributed by atoms with Crippen molar-refractivity contribution in [2.24, 2.45) is 0 Å². The molecule has 2 aliphatic rings. The van der Waals surface area contributed by atoms with Gasteiger partial charge in [-0.1, -0.05) is 165 Å². The van der Waals surface area contributed by atoms with Gasteiger partial charge in [-0.3, -0.25) is 0 Å². The van der Waals surface area contributed by atoms with Crippen LogP contribution in [-0.4, -0.2) is 4.57 Å². The number of para-hydroxylation sites is 2. The molecule has 0 fully saturated rings. The summed E-state index contributed by atoms with van der Waals surface area (Å²) in [6, 6.07) is 67.2. The molecule has 0 radical (unpaired) electrons. The van der Waals surface area contributed by atoms with Gasteiger partial charge in [-0.2, -0.15) is 0 Å². The van der Waals surface area contributed by atoms with Gasteiger partial charge in [-0.25, -0.2) is 0 Å². The fraction of sp³-hybridized carbons (Fsp3) is 0.0769. The van der Waals surface area contributed by atoms with E-state index in [1.54, 1.807) is 0 Å². The summed E-state index contributed by atoms with van der Waals surface area (Å²) >= 11 is 7.17. The molecule has 0 unspecified atom stereocenters. The smallest absolute Gasteiger partial charge is 0.0720 e.